The van der Waals surface area contributed by atoms with Gasteiger partial charge in [-0.15, -0.1) is 0 Å². The lowest BCUT2D eigenvalue weighted by molar-refractivity contribution is -0.0124. The van der Waals surface area contributed by atoms with Crippen LogP contribution in [0.15, 0.2) is 35.4 Å². The summed E-state index contributed by atoms with van der Waals surface area (Å²) in [5, 5.41) is 3.28. The van der Waals surface area contributed by atoms with Crippen LogP contribution in [0.5, 0.6) is 0 Å². The first-order valence-electron chi connectivity index (χ1n) is 10.3. The number of aromatic nitrogens is 3. The van der Waals surface area contributed by atoms with Crippen LogP contribution >= 0.6 is 0 Å². The second kappa shape index (κ2) is 9.18. The molecule has 8 nitrogen and oxygen atoms in total. The zero-order valence-corrected chi connectivity index (χ0v) is 18.0. The fourth-order valence-corrected chi connectivity index (χ4v) is 3.82. The Morgan fingerprint density at radius 2 is 2.12 bits per heavy atom. The highest BCUT2D eigenvalue weighted by Crippen LogP contribution is 2.25. The van der Waals surface area contributed by atoms with Crippen molar-refractivity contribution in [3.8, 4) is 0 Å². The second-order valence-corrected chi connectivity index (χ2v) is 7.79. The van der Waals surface area contributed by atoms with Crippen LogP contribution in [0.3, 0.4) is 0 Å². The molecular weight excluding hydrogens is 439 g/mol. The summed E-state index contributed by atoms with van der Waals surface area (Å²) in [7, 11) is 1.49. The predicted octanol–water partition coefficient (Wildman–Crippen LogP) is 2.88. The number of amides is 1. The summed E-state index contributed by atoms with van der Waals surface area (Å²) in [5.41, 5.74) is -0.944. The van der Waals surface area contributed by atoms with E-state index in [9.17, 15) is 22.8 Å². The third-order valence-electron chi connectivity index (χ3n) is 5.55. The number of pyridine rings is 1. The lowest BCUT2D eigenvalue weighted by Gasteiger charge is -2.31. The Morgan fingerprint density at radius 3 is 2.85 bits per heavy atom. The minimum absolute atomic E-state index is 0.0305. The molecule has 2 aromatic heterocycles. The molecule has 1 atom stereocenters. The Morgan fingerprint density at radius 1 is 1.33 bits per heavy atom. The van der Waals surface area contributed by atoms with E-state index in [4.69, 9.17) is 4.74 Å². The number of fused-ring (bicyclic) bond motifs is 1. The van der Waals surface area contributed by atoms with Gasteiger partial charge in [-0.05, 0) is 13.0 Å². The van der Waals surface area contributed by atoms with E-state index in [1.54, 1.807) is 4.90 Å². The normalized spacial score (nSPS) is 16.4. The quantitative estimate of drug-likeness (QED) is 0.629. The number of anilines is 1. The fourth-order valence-electron chi connectivity index (χ4n) is 3.82. The number of hydrogen-bond acceptors (Lipinski definition) is 6. The molecule has 0 radical (unpaired) electrons. The summed E-state index contributed by atoms with van der Waals surface area (Å²) < 4.78 is 47.1. The van der Waals surface area contributed by atoms with Crippen molar-refractivity contribution in [1.29, 1.82) is 0 Å². The van der Waals surface area contributed by atoms with Crippen molar-refractivity contribution in [2.24, 2.45) is 7.05 Å². The molecule has 0 spiro atoms. The SMILES string of the molecule is CC1CN(C(=O)c2cc3c(NCc4cccc(C(F)F)c4F)ncnc3n(C)c2=O)CCO1. The molecule has 1 amide bonds. The monoisotopic (exact) mass is 461 g/mol. The van der Waals surface area contributed by atoms with E-state index in [1.165, 1.54) is 36.1 Å². The summed E-state index contributed by atoms with van der Waals surface area (Å²) in [5.74, 6) is -1.19. The van der Waals surface area contributed by atoms with Gasteiger partial charge in [-0.25, -0.2) is 23.1 Å². The average molecular weight is 461 g/mol. The van der Waals surface area contributed by atoms with Crippen LogP contribution in [0.4, 0.5) is 19.0 Å². The minimum Gasteiger partial charge on any atom is -0.375 e. The largest absolute Gasteiger partial charge is 0.375 e. The van der Waals surface area contributed by atoms with Crippen LogP contribution in [0, 0.1) is 5.82 Å². The number of benzene rings is 1. The van der Waals surface area contributed by atoms with Crippen LogP contribution in [-0.4, -0.2) is 51.1 Å². The minimum atomic E-state index is -2.93. The maximum atomic E-state index is 14.4. The molecule has 3 aromatic rings. The molecule has 4 rings (SSSR count). The standard InChI is InChI=1S/C22H22F3N5O3/c1-12-10-30(6-7-33-12)22(32)16-8-15-19(27-11-28-20(15)29(2)21(16)31)26-9-13-4-3-5-14(17(13)23)18(24)25/h3-5,8,11-12,18H,6-7,9-10H2,1-2H3,(H,26,27,28). The van der Waals surface area contributed by atoms with Crippen LogP contribution in [-0.2, 0) is 18.3 Å². The van der Waals surface area contributed by atoms with Gasteiger partial charge < -0.3 is 15.0 Å². The molecule has 1 N–H and O–H groups in total. The Kier molecular flexibility index (Phi) is 6.32. The first-order valence-corrected chi connectivity index (χ1v) is 10.3. The van der Waals surface area contributed by atoms with Crippen molar-refractivity contribution < 1.29 is 22.7 Å². The van der Waals surface area contributed by atoms with Crippen molar-refractivity contribution in [2.75, 3.05) is 25.0 Å². The maximum absolute atomic E-state index is 14.4. The highest BCUT2D eigenvalue weighted by molar-refractivity contribution is 5.99. The molecule has 0 bridgehead atoms. The van der Waals surface area contributed by atoms with Crippen LogP contribution in [0.1, 0.15) is 34.8 Å². The van der Waals surface area contributed by atoms with Gasteiger partial charge in [0.05, 0.1) is 23.7 Å². The average Bonchev–Trinajstić information content (AvgIpc) is 2.80. The second-order valence-electron chi connectivity index (χ2n) is 7.79. The number of alkyl halides is 2. The van der Waals surface area contributed by atoms with E-state index in [1.807, 2.05) is 6.92 Å². The smallest absolute Gasteiger partial charge is 0.266 e. The van der Waals surface area contributed by atoms with Crippen molar-refractivity contribution in [2.45, 2.75) is 26.0 Å². The summed E-state index contributed by atoms with van der Waals surface area (Å²) in [4.78, 5) is 35.8. The summed E-state index contributed by atoms with van der Waals surface area (Å²) in [6.07, 6.45) is -1.86. The Labute approximate surface area is 187 Å². The van der Waals surface area contributed by atoms with E-state index in [0.717, 1.165) is 6.07 Å². The number of carbonyl (C=O) groups is 1. The summed E-state index contributed by atoms with van der Waals surface area (Å²) in [6.45, 7) is 2.80. The lowest BCUT2D eigenvalue weighted by Crippen LogP contribution is -2.46. The zero-order chi connectivity index (χ0) is 23.7. The molecule has 33 heavy (non-hydrogen) atoms. The lowest BCUT2D eigenvalue weighted by atomic mass is 10.1. The molecular formula is C22H22F3N5O3. The van der Waals surface area contributed by atoms with Crippen LogP contribution in [0.2, 0.25) is 0 Å². The van der Waals surface area contributed by atoms with E-state index >= 15 is 0 Å². The Bertz CT molecular complexity index is 1260. The molecule has 0 aliphatic carbocycles. The van der Waals surface area contributed by atoms with Gasteiger partial charge in [0.2, 0.25) is 0 Å². The highest BCUT2D eigenvalue weighted by Gasteiger charge is 2.26. The summed E-state index contributed by atoms with van der Waals surface area (Å²) in [6, 6.07) is 5.18. The van der Waals surface area contributed by atoms with Crippen molar-refractivity contribution >= 4 is 22.8 Å². The molecule has 11 heteroatoms. The number of nitrogens with one attached hydrogen (secondary N) is 1. The van der Waals surface area contributed by atoms with Gasteiger partial charge in [-0.2, -0.15) is 0 Å². The maximum Gasteiger partial charge on any atom is 0.266 e. The van der Waals surface area contributed by atoms with Gasteiger partial charge in [-0.3, -0.25) is 14.2 Å². The molecule has 1 fully saturated rings. The number of halogens is 3. The third-order valence-corrected chi connectivity index (χ3v) is 5.55. The Hall–Kier alpha value is -3.47. The molecule has 1 aliphatic heterocycles. The first-order chi connectivity index (χ1) is 15.8. The van der Waals surface area contributed by atoms with Gasteiger partial charge in [0.25, 0.3) is 17.9 Å². The van der Waals surface area contributed by atoms with E-state index in [0.29, 0.717) is 25.1 Å². The molecule has 1 aliphatic rings. The van der Waals surface area contributed by atoms with Gasteiger partial charge >= 0.3 is 0 Å². The van der Waals surface area contributed by atoms with Gasteiger partial charge in [0.15, 0.2) is 0 Å². The van der Waals surface area contributed by atoms with Crippen LogP contribution in [0.25, 0.3) is 11.0 Å². The number of nitrogens with zero attached hydrogens (tertiary/aromatic N) is 4. The van der Waals surface area contributed by atoms with Crippen molar-refractivity contribution in [1.82, 2.24) is 19.4 Å². The molecule has 3 heterocycles. The number of rotatable bonds is 5. The van der Waals surface area contributed by atoms with E-state index < -0.39 is 29.3 Å². The molecule has 174 valence electrons. The predicted molar refractivity (Wildman–Crippen MR) is 115 cm³/mol. The van der Waals surface area contributed by atoms with Gasteiger partial charge in [0, 0.05) is 32.2 Å². The van der Waals surface area contributed by atoms with Crippen molar-refractivity contribution in [3.63, 3.8) is 0 Å². The number of aryl methyl sites for hydroxylation is 1. The van der Waals surface area contributed by atoms with Crippen LogP contribution < -0.4 is 10.9 Å². The van der Waals surface area contributed by atoms with Gasteiger partial charge in [0.1, 0.15) is 29.2 Å². The topological polar surface area (TPSA) is 89.4 Å². The number of hydrogen-bond donors (Lipinski definition) is 1. The fraction of sp³-hybridized carbons (Fsp3) is 0.364. The van der Waals surface area contributed by atoms with E-state index in [-0.39, 0.29) is 35.2 Å². The summed E-state index contributed by atoms with van der Waals surface area (Å²) >= 11 is 0. The molecule has 1 saturated heterocycles. The number of ether oxygens (including phenoxy) is 1. The third kappa shape index (κ3) is 4.40. The molecule has 1 aromatic carbocycles. The number of morpholine rings is 1. The highest BCUT2D eigenvalue weighted by atomic mass is 19.3. The zero-order valence-electron chi connectivity index (χ0n) is 18.0. The number of carbonyl (C=O) groups excluding carboxylic acids is 1. The molecule has 0 saturated carbocycles. The molecule has 1 unspecified atom stereocenters. The first kappa shape index (κ1) is 22.7. The van der Waals surface area contributed by atoms with Gasteiger partial charge in [-0.1, -0.05) is 18.2 Å². The van der Waals surface area contributed by atoms with Crippen molar-refractivity contribution in [3.05, 3.63) is 63.5 Å². The van der Waals surface area contributed by atoms with E-state index in [2.05, 4.69) is 15.3 Å². The Balaban J connectivity index is 1.70.